The first-order chi connectivity index (χ1) is 17.7. The summed E-state index contributed by atoms with van der Waals surface area (Å²) in [6.45, 7) is 3.57. The summed E-state index contributed by atoms with van der Waals surface area (Å²) in [6, 6.07) is 11.1. The highest BCUT2D eigenvalue weighted by Crippen LogP contribution is 2.30. The van der Waals surface area contributed by atoms with E-state index in [4.69, 9.17) is 9.52 Å². The third kappa shape index (κ3) is 5.35. The van der Waals surface area contributed by atoms with Crippen LogP contribution in [0, 0.1) is 0 Å². The van der Waals surface area contributed by atoms with Crippen molar-refractivity contribution in [2.45, 2.75) is 38.8 Å². The molecule has 0 spiro atoms. The average molecular weight is 511 g/mol. The van der Waals surface area contributed by atoms with E-state index in [0.29, 0.717) is 18.0 Å². The van der Waals surface area contributed by atoms with E-state index in [9.17, 15) is 18.0 Å². The summed E-state index contributed by atoms with van der Waals surface area (Å²) in [7, 11) is 0. The molecular weight excluding hydrogens is 485 g/mol. The zero-order valence-electron chi connectivity index (χ0n) is 20.3. The summed E-state index contributed by atoms with van der Waals surface area (Å²) in [6.07, 6.45) is 1.58. The van der Waals surface area contributed by atoms with Crippen LogP contribution < -0.4 is 10.2 Å². The van der Waals surface area contributed by atoms with Gasteiger partial charge >= 0.3 is 6.18 Å². The number of hydrogen-bond donors (Lipinski definition) is 1. The van der Waals surface area contributed by atoms with Crippen LogP contribution >= 0.6 is 0 Å². The van der Waals surface area contributed by atoms with Crippen LogP contribution in [0.5, 0.6) is 0 Å². The van der Waals surface area contributed by atoms with Crippen molar-refractivity contribution in [1.29, 1.82) is 0 Å². The lowest BCUT2D eigenvalue weighted by molar-refractivity contribution is -0.115. The molecule has 4 aromatic rings. The minimum absolute atomic E-state index is 0.0235. The number of nitrogens with one attached hydrogen (secondary N) is 1. The lowest BCUT2D eigenvalue weighted by Gasteiger charge is -2.24. The Morgan fingerprint density at radius 1 is 1.19 bits per heavy atom. The molecule has 1 amide bonds. The van der Waals surface area contributed by atoms with Gasteiger partial charge in [-0.25, -0.2) is 14.6 Å². The molecule has 11 heteroatoms. The first-order valence-corrected chi connectivity index (χ1v) is 11.9. The number of aryl methyl sites for hydroxylation is 1. The summed E-state index contributed by atoms with van der Waals surface area (Å²) in [5.41, 5.74) is 4.18. The van der Waals surface area contributed by atoms with E-state index in [0.717, 1.165) is 29.9 Å². The predicted octanol–water partition coefficient (Wildman–Crippen LogP) is 5.61. The lowest BCUT2D eigenvalue weighted by Crippen LogP contribution is -2.35. The molecule has 0 bridgehead atoms. The molecule has 0 aliphatic carbocycles. The number of carbonyl (C=O) groups is 1. The second kappa shape index (κ2) is 9.72. The second-order valence-electron chi connectivity index (χ2n) is 9.15. The Kier molecular flexibility index (Phi) is 6.45. The van der Waals surface area contributed by atoms with Gasteiger partial charge in [-0.15, -0.1) is 0 Å². The molecule has 0 radical (unpaired) electrons. The van der Waals surface area contributed by atoms with E-state index in [2.05, 4.69) is 41.3 Å². The smallest absolute Gasteiger partial charge is 0.405 e. The number of alkyl halides is 3. The van der Waals surface area contributed by atoms with Crippen molar-refractivity contribution in [2.75, 3.05) is 23.3 Å². The Morgan fingerprint density at radius 2 is 1.97 bits per heavy atom. The van der Waals surface area contributed by atoms with Crippen LogP contribution in [0.4, 0.5) is 24.7 Å². The largest absolute Gasteiger partial charge is 0.444 e. The fraction of sp³-hybridized carbons (Fsp3) is 0.308. The Morgan fingerprint density at radius 3 is 2.70 bits per heavy atom. The molecule has 1 aliphatic rings. The van der Waals surface area contributed by atoms with Gasteiger partial charge in [-0.05, 0) is 48.6 Å². The summed E-state index contributed by atoms with van der Waals surface area (Å²) < 4.78 is 44.8. The second-order valence-corrected chi connectivity index (χ2v) is 9.15. The number of pyridine rings is 1. The molecule has 37 heavy (non-hydrogen) atoms. The van der Waals surface area contributed by atoms with Crippen molar-refractivity contribution in [3.8, 4) is 17.1 Å². The highest BCUT2D eigenvalue weighted by molar-refractivity contribution is 6.05. The predicted molar refractivity (Wildman–Crippen MR) is 132 cm³/mol. The molecule has 1 aromatic carbocycles. The van der Waals surface area contributed by atoms with Gasteiger partial charge in [0.05, 0.1) is 23.3 Å². The highest BCUT2D eigenvalue weighted by atomic mass is 19.4. The molecule has 0 fully saturated rings. The van der Waals surface area contributed by atoms with Crippen molar-refractivity contribution >= 4 is 17.4 Å². The number of aromatic nitrogens is 4. The number of nitrogens with zero attached hydrogens (tertiary/aromatic N) is 5. The van der Waals surface area contributed by atoms with Crippen molar-refractivity contribution < 1.29 is 22.4 Å². The number of fused-ring (bicyclic) bond motifs is 1. The van der Waals surface area contributed by atoms with Crippen LogP contribution in [-0.4, -0.2) is 44.9 Å². The Labute approximate surface area is 211 Å². The van der Waals surface area contributed by atoms with E-state index < -0.39 is 12.7 Å². The quantitative estimate of drug-likeness (QED) is 0.363. The molecule has 5 rings (SSSR count). The molecule has 0 atom stereocenters. The molecule has 0 saturated carbocycles. The fourth-order valence-corrected chi connectivity index (χ4v) is 4.18. The Hall–Kier alpha value is -4.15. The first kappa shape index (κ1) is 24.5. The van der Waals surface area contributed by atoms with Crippen LogP contribution in [0.2, 0.25) is 0 Å². The number of hydrogen-bond acceptors (Lipinski definition) is 6. The van der Waals surface area contributed by atoms with Crippen molar-refractivity contribution in [1.82, 2.24) is 19.7 Å². The summed E-state index contributed by atoms with van der Waals surface area (Å²) in [5, 5.41) is 6.93. The minimum Gasteiger partial charge on any atom is -0.444 e. The van der Waals surface area contributed by atoms with E-state index >= 15 is 0 Å². The van der Waals surface area contributed by atoms with Gasteiger partial charge in [0.1, 0.15) is 18.6 Å². The van der Waals surface area contributed by atoms with Gasteiger partial charge in [0, 0.05) is 18.3 Å². The molecule has 0 unspecified atom stereocenters. The number of amides is 1. The molecule has 8 nitrogen and oxygen atoms in total. The normalized spacial score (nSPS) is 13.6. The zero-order valence-corrected chi connectivity index (χ0v) is 20.3. The van der Waals surface area contributed by atoms with E-state index in [1.165, 1.54) is 24.1 Å². The third-order valence-corrected chi connectivity index (χ3v) is 6.12. The summed E-state index contributed by atoms with van der Waals surface area (Å²) in [4.78, 5) is 23.2. The highest BCUT2D eigenvalue weighted by Gasteiger charge is 2.29. The number of carbonyl (C=O) groups excluding carboxylic acids is 1. The minimum atomic E-state index is -4.38. The maximum Gasteiger partial charge on any atom is 0.405 e. The fourth-order valence-electron chi connectivity index (χ4n) is 4.18. The molecule has 3 aromatic heterocycles. The van der Waals surface area contributed by atoms with Gasteiger partial charge in [0.25, 0.3) is 5.91 Å². The van der Waals surface area contributed by atoms with Crippen LogP contribution in [0.1, 0.15) is 47.9 Å². The molecule has 1 N–H and O–H groups in total. The molecule has 192 valence electrons. The van der Waals surface area contributed by atoms with Gasteiger partial charge < -0.3 is 14.6 Å². The number of halogens is 3. The van der Waals surface area contributed by atoms with Gasteiger partial charge in [-0.2, -0.15) is 18.3 Å². The molecule has 1 aliphatic heterocycles. The topological polar surface area (TPSA) is 89.1 Å². The maximum atomic E-state index is 13.4. The van der Waals surface area contributed by atoms with Crippen molar-refractivity contribution in [3.63, 3.8) is 0 Å². The standard InChI is InChI=1S/C26H25F3N6O2/c1-16(2)17-5-7-19(8-6-17)35-13-22-20(33-35)4-3-11-34(22)25(36)21-14-37-24(32-21)18-9-10-30-23(12-18)31-15-26(27,28)29/h5-10,12-14,16H,3-4,11,15H2,1-2H3,(H,30,31). The van der Waals surface area contributed by atoms with Crippen molar-refractivity contribution in [3.05, 3.63) is 72.0 Å². The number of rotatable bonds is 6. The third-order valence-electron chi connectivity index (χ3n) is 6.12. The van der Waals surface area contributed by atoms with Crippen molar-refractivity contribution in [2.24, 2.45) is 0 Å². The monoisotopic (exact) mass is 510 g/mol. The molecular formula is C26H25F3N6O2. The first-order valence-electron chi connectivity index (χ1n) is 11.9. The number of oxazole rings is 1. The summed E-state index contributed by atoms with van der Waals surface area (Å²) in [5.74, 6) is 0.222. The van der Waals surface area contributed by atoms with E-state index in [1.807, 2.05) is 18.3 Å². The Bertz CT molecular complexity index is 1410. The summed E-state index contributed by atoms with van der Waals surface area (Å²) >= 11 is 0. The molecule has 4 heterocycles. The van der Waals surface area contributed by atoms with Crippen LogP contribution in [0.15, 0.2) is 59.5 Å². The van der Waals surface area contributed by atoms with Crippen LogP contribution in [-0.2, 0) is 6.42 Å². The molecule has 0 saturated heterocycles. The van der Waals surface area contributed by atoms with Gasteiger partial charge in [-0.3, -0.25) is 4.79 Å². The van der Waals surface area contributed by atoms with E-state index in [1.54, 1.807) is 15.6 Å². The van der Waals surface area contributed by atoms with Crippen LogP contribution in [0.3, 0.4) is 0 Å². The zero-order chi connectivity index (χ0) is 26.2. The van der Waals surface area contributed by atoms with Gasteiger partial charge in [-0.1, -0.05) is 26.0 Å². The average Bonchev–Trinajstić information content (AvgIpc) is 3.55. The Balaban J connectivity index is 1.36. The number of anilines is 2. The van der Waals surface area contributed by atoms with E-state index in [-0.39, 0.29) is 23.3 Å². The lowest BCUT2D eigenvalue weighted by atomic mass is 10.0. The van der Waals surface area contributed by atoms with Crippen LogP contribution in [0.25, 0.3) is 17.1 Å². The van der Waals surface area contributed by atoms with Gasteiger partial charge in [0.2, 0.25) is 5.89 Å². The number of benzene rings is 1. The maximum absolute atomic E-state index is 13.4. The SMILES string of the molecule is CC(C)c1ccc(-n2cc3c(n2)CCCN3C(=O)c2coc(-c3ccnc(NCC(F)(F)F)c3)n2)cc1. The van der Waals surface area contributed by atoms with Gasteiger partial charge in [0.15, 0.2) is 5.69 Å².